The summed E-state index contributed by atoms with van der Waals surface area (Å²) in [7, 11) is 3.21. The molecule has 0 aliphatic rings. The summed E-state index contributed by atoms with van der Waals surface area (Å²) in [5.41, 5.74) is 9.87. The second-order valence-electron chi connectivity index (χ2n) is 4.83. The van der Waals surface area contributed by atoms with Gasteiger partial charge in [-0.3, -0.25) is 0 Å². The summed E-state index contributed by atoms with van der Waals surface area (Å²) in [6, 6.07) is 11.9. The van der Waals surface area contributed by atoms with Crippen molar-refractivity contribution in [3.63, 3.8) is 0 Å². The number of hydrogen-bond donors (Lipinski definition) is 2. The lowest BCUT2D eigenvalue weighted by Gasteiger charge is -2.16. The Morgan fingerprint density at radius 3 is 2.33 bits per heavy atom. The molecule has 0 heterocycles. The summed E-state index contributed by atoms with van der Waals surface area (Å²) in [6.45, 7) is 2.17. The van der Waals surface area contributed by atoms with E-state index < -0.39 is 0 Å². The molecule has 0 fully saturated rings. The van der Waals surface area contributed by atoms with Crippen LogP contribution in [0.15, 0.2) is 36.4 Å². The summed E-state index contributed by atoms with van der Waals surface area (Å²) < 4.78 is 10.6. The summed E-state index contributed by atoms with van der Waals surface area (Å²) in [4.78, 5) is 0. The van der Waals surface area contributed by atoms with Gasteiger partial charge in [-0.1, -0.05) is 31.5 Å². The van der Waals surface area contributed by atoms with E-state index in [0.717, 1.165) is 24.2 Å². The number of ether oxygens (including phenoxy) is 2. The van der Waals surface area contributed by atoms with Crippen molar-refractivity contribution in [2.45, 2.75) is 19.8 Å². The number of nitrogens with two attached hydrogens (primary N) is 1. The molecule has 0 atom stereocenters. The summed E-state index contributed by atoms with van der Waals surface area (Å²) >= 11 is 0. The molecule has 0 unspecified atom stereocenters. The maximum Gasteiger partial charge on any atom is 0.162 e. The van der Waals surface area contributed by atoms with Crippen molar-refractivity contribution >= 4 is 17.1 Å². The second-order valence-corrected chi connectivity index (χ2v) is 4.83. The molecule has 0 spiro atoms. The first-order valence-corrected chi connectivity index (χ1v) is 7.06. The van der Waals surface area contributed by atoms with Crippen molar-refractivity contribution in [2.24, 2.45) is 0 Å². The van der Waals surface area contributed by atoms with Crippen molar-refractivity contribution in [2.75, 3.05) is 25.3 Å². The molecular formula is C17H22N2O2. The predicted molar refractivity (Wildman–Crippen MR) is 87.7 cm³/mol. The van der Waals surface area contributed by atoms with Gasteiger partial charge in [-0.15, -0.1) is 0 Å². The maximum atomic E-state index is 6.09. The zero-order valence-corrected chi connectivity index (χ0v) is 12.8. The quantitative estimate of drug-likeness (QED) is 0.789. The number of benzene rings is 2. The highest BCUT2D eigenvalue weighted by Crippen LogP contribution is 2.36. The highest BCUT2D eigenvalue weighted by Gasteiger charge is 2.10. The first kappa shape index (κ1) is 15.0. The minimum Gasteiger partial charge on any atom is -0.493 e. The molecule has 2 aromatic rings. The van der Waals surface area contributed by atoms with Gasteiger partial charge in [0.2, 0.25) is 0 Å². The van der Waals surface area contributed by atoms with Gasteiger partial charge in [0, 0.05) is 17.8 Å². The molecule has 2 rings (SSSR count). The predicted octanol–water partition coefficient (Wildman–Crippen LogP) is 3.98. The molecule has 0 aliphatic carbocycles. The standard InChI is InChI=1S/C17H22N2O2/c1-4-7-12-8-5-6-9-14(12)19-15-11-17(21-3)16(20-2)10-13(15)18/h5-6,8-11,19H,4,7,18H2,1-3H3. The van der Waals surface area contributed by atoms with Crippen molar-refractivity contribution in [3.05, 3.63) is 42.0 Å². The minimum absolute atomic E-state index is 0.624. The average Bonchev–Trinajstić information content (AvgIpc) is 2.51. The molecule has 0 aromatic heterocycles. The first-order valence-electron chi connectivity index (χ1n) is 7.06. The molecule has 0 saturated carbocycles. The molecule has 3 N–H and O–H groups in total. The van der Waals surface area contributed by atoms with E-state index in [9.17, 15) is 0 Å². The Hall–Kier alpha value is -2.36. The van der Waals surface area contributed by atoms with Crippen LogP contribution in [0, 0.1) is 0 Å². The molecule has 4 heteroatoms. The van der Waals surface area contributed by atoms with Crippen molar-refractivity contribution < 1.29 is 9.47 Å². The zero-order valence-electron chi connectivity index (χ0n) is 12.8. The fraction of sp³-hybridized carbons (Fsp3) is 0.294. The van der Waals surface area contributed by atoms with Crippen LogP contribution in [0.1, 0.15) is 18.9 Å². The molecule has 0 aliphatic heterocycles. The largest absolute Gasteiger partial charge is 0.493 e. The van der Waals surface area contributed by atoms with Crippen LogP contribution in [0.2, 0.25) is 0 Å². The average molecular weight is 286 g/mol. The molecule has 112 valence electrons. The fourth-order valence-corrected chi connectivity index (χ4v) is 2.28. The topological polar surface area (TPSA) is 56.5 Å². The van der Waals surface area contributed by atoms with Crippen LogP contribution in [0.5, 0.6) is 11.5 Å². The van der Waals surface area contributed by atoms with Gasteiger partial charge in [-0.05, 0) is 18.1 Å². The number of para-hydroxylation sites is 1. The number of hydrogen-bond acceptors (Lipinski definition) is 4. The van der Waals surface area contributed by atoms with E-state index in [1.54, 1.807) is 20.3 Å². The Morgan fingerprint density at radius 2 is 1.67 bits per heavy atom. The molecule has 0 amide bonds. The molecule has 0 saturated heterocycles. The highest BCUT2D eigenvalue weighted by molar-refractivity contribution is 5.77. The minimum atomic E-state index is 0.624. The van der Waals surface area contributed by atoms with E-state index in [2.05, 4.69) is 24.4 Å². The van der Waals surface area contributed by atoms with Crippen LogP contribution >= 0.6 is 0 Å². The normalized spacial score (nSPS) is 10.2. The van der Waals surface area contributed by atoms with E-state index in [-0.39, 0.29) is 0 Å². The third kappa shape index (κ3) is 3.40. The number of aryl methyl sites for hydroxylation is 1. The second kappa shape index (κ2) is 6.88. The Balaban J connectivity index is 2.35. The third-order valence-corrected chi connectivity index (χ3v) is 3.36. The maximum absolute atomic E-state index is 6.09. The first-order chi connectivity index (χ1) is 10.2. The van der Waals surface area contributed by atoms with Crippen LogP contribution in [-0.2, 0) is 6.42 Å². The van der Waals surface area contributed by atoms with Gasteiger partial charge < -0.3 is 20.5 Å². The Kier molecular flexibility index (Phi) is 4.93. The zero-order chi connectivity index (χ0) is 15.2. The van der Waals surface area contributed by atoms with Gasteiger partial charge in [0.05, 0.1) is 25.6 Å². The summed E-state index contributed by atoms with van der Waals surface area (Å²) in [6.07, 6.45) is 2.12. The highest BCUT2D eigenvalue weighted by atomic mass is 16.5. The lowest BCUT2D eigenvalue weighted by Crippen LogP contribution is -2.01. The fourth-order valence-electron chi connectivity index (χ4n) is 2.28. The SMILES string of the molecule is CCCc1ccccc1Nc1cc(OC)c(OC)cc1N. The number of nitrogen functional groups attached to an aromatic ring is 1. The van der Waals surface area contributed by atoms with Crippen LogP contribution in [-0.4, -0.2) is 14.2 Å². The van der Waals surface area contributed by atoms with Gasteiger partial charge in [-0.2, -0.15) is 0 Å². The summed E-state index contributed by atoms with van der Waals surface area (Å²) in [5, 5.41) is 3.39. The van der Waals surface area contributed by atoms with E-state index in [0.29, 0.717) is 17.2 Å². The lowest BCUT2D eigenvalue weighted by molar-refractivity contribution is 0.355. The van der Waals surface area contributed by atoms with E-state index >= 15 is 0 Å². The molecule has 2 aromatic carbocycles. The van der Waals surface area contributed by atoms with Gasteiger partial charge in [0.25, 0.3) is 0 Å². The molecular weight excluding hydrogens is 264 g/mol. The Labute approximate surface area is 125 Å². The van der Waals surface area contributed by atoms with Gasteiger partial charge in [-0.25, -0.2) is 0 Å². The van der Waals surface area contributed by atoms with Crippen molar-refractivity contribution in [1.82, 2.24) is 0 Å². The lowest BCUT2D eigenvalue weighted by atomic mass is 10.1. The van der Waals surface area contributed by atoms with E-state index in [1.807, 2.05) is 18.2 Å². The monoisotopic (exact) mass is 286 g/mol. The Morgan fingerprint density at radius 1 is 1.00 bits per heavy atom. The molecule has 4 nitrogen and oxygen atoms in total. The third-order valence-electron chi connectivity index (χ3n) is 3.36. The molecule has 21 heavy (non-hydrogen) atoms. The van der Waals surface area contributed by atoms with Gasteiger partial charge >= 0.3 is 0 Å². The number of anilines is 3. The summed E-state index contributed by atoms with van der Waals surface area (Å²) in [5.74, 6) is 1.28. The number of methoxy groups -OCH3 is 2. The van der Waals surface area contributed by atoms with Crippen LogP contribution in [0.4, 0.5) is 17.1 Å². The molecule has 0 bridgehead atoms. The number of nitrogens with one attached hydrogen (secondary N) is 1. The van der Waals surface area contributed by atoms with E-state index in [4.69, 9.17) is 15.2 Å². The van der Waals surface area contributed by atoms with Gasteiger partial charge in [0.15, 0.2) is 11.5 Å². The molecule has 0 radical (unpaired) electrons. The van der Waals surface area contributed by atoms with Crippen LogP contribution < -0.4 is 20.5 Å². The van der Waals surface area contributed by atoms with Crippen molar-refractivity contribution in [1.29, 1.82) is 0 Å². The van der Waals surface area contributed by atoms with Crippen LogP contribution in [0.25, 0.3) is 0 Å². The smallest absolute Gasteiger partial charge is 0.162 e. The van der Waals surface area contributed by atoms with E-state index in [1.165, 1.54) is 5.56 Å². The van der Waals surface area contributed by atoms with Crippen molar-refractivity contribution in [3.8, 4) is 11.5 Å². The number of rotatable bonds is 6. The Bertz CT molecular complexity index is 612. The van der Waals surface area contributed by atoms with Gasteiger partial charge in [0.1, 0.15) is 0 Å². The van der Waals surface area contributed by atoms with Crippen LogP contribution in [0.3, 0.4) is 0 Å².